The molecule has 1 aromatic rings. The highest BCUT2D eigenvalue weighted by molar-refractivity contribution is 7.89. The lowest BCUT2D eigenvalue weighted by molar-refractivity contribution is 0.569. The van der Waals surface area contributed by atoms with Crippen LogP contribution < -0.4 is 4.72 Å². The molecule has 0 aliphatic carbocycles. The zero-order chi connectivity index (χ0) is 13.8. The first-order valence-electron chi connectivity index (χ1n) is 5.37. The van der Waals surface area contributed by atoms with E-state index in [9.17, 15) is 8.42 Å². The fourth-order valence-electron chi connectivity index (χ4n) is 1.47. The van der Waals surface area contributed by atoms with Gasteiger partial charge >= 0.3 is 0 Å². The van der Waals surface area contributed by atoms with Crippen LogP contribution in [0.4, 0.5) is 0 Å². The lowest BCUT2D eigenvalue weighted by Crippen LogP contribution is -2.33. The van der Waals surface area contributed by atoms with E-state index in [0.717, 1.165) is 0 Å². The predicted molar refractivity (Wildman–Crippen MR) is 65.9 cm³/mol. The number of rotatable bonds is 4. The molecule has 0 heterocycles. The van der Waals surface area contributed by atoms with Gasteiger partial charge in [0.1, 0.15) is 6.04 Å². The average molecular weight is 263 g/mol. The van der Waals surface area contributed by atoms with Crippen molar-refractivity contribution in [3.8, 4) is 12.1 Å². The normalized spacial score (nSPS) is 12.4. The Balaban J connectivity index is 3.15. The summed E-state index contributed by atoms with van der Waals surface area (Å²) >= 11 is 0. The first kappa shape index (κ1) is 14.2. The Kier molecular flexibility index (Phi) is 4.43. The molecule has 1 aromatic carbocycles. The Hall–Kier alpha value is -1.89. The Morgan fingerprint density at radius 3 is 2.50 bits per heavy atom. The van der Waals surface area contributed by atoms with Crippen molar-refractivity contribution in [3.63, 3.8) is 0 Å². The van der Waals surface area contributed by atoms with Crippen molar-refractivity contribution in [1.29, 1.82) is 10.5 Å². The monoisotopic (exact) mass is 263 g/mol. The van der Waals surface area contributed by atoms with Crippen LogP contribution in [0.3, 0.4) is 0 Å². The van der Waals surface area contributed by atoms with E-state index >= 15 is 0 Å². The Labute approximate surface area is 107 Å². The molecule has 1 unspecified atom stereocenters. The van der Waals surface area contributed by atoms with Crippen LogP contribution in [0, 0.1) is 29.6 Å². The molecule has 0 fully saturated rings. The molecule has 0 aromatic heterocycles. The maximum atomic E-state index is 12.0. The summed E-state index contributed by atoms with van der Waals surface area (Å²) in [6.07, 6.45) is 0.394. The van der Waals surface area contributed by atoms with Crippen molar-refractivity contribution in [3.05, 3.63) is 29.3 Å². The van der Waals surface area contributed by atoms with Gasteiger partial charge in [0.2, 0.25) is 10.0 Å². The maximum Gasteiger partial charge on any atom is 0.241 e. The summed E-state index contributed by atoms with van der Waals surface area (Å²) in [6, 6.07) is 7.39. The molecule has 0 radical (unpaired) electrons. The number of aryl methyl sites for hydroxylation is 1. The minimum absolute atomic E-state index is 0.0928. The van der Waals surface area contributed by atoms with Gasteiger partial charge < -0.3 is 0 Å². The average Bonchev–Trinajstić information content (AvgIpc) is 2.35. The van der Waals surface area contributed by atoms with Crippen LogP contribution in [0.1, 0.15) is 24.5 Å². The zero-order valence-corrected chi connectivity index (χ0v) is 11.0. The summed E-state index contributed by atoms with van der Waals surface area (Å²) in [6.45, 7) is 3.34. The number of nitrogens with one attached hydrogen (secondary N) is 1. The quantitative estimate of drug-likeness (QED) is 0.889. The fraction of sp³-hybridized carbons (Fsp3) is 0.333. The predicted octanol–water partition coefficient (Wildman–Crippen LogP) is 1.45. The van der Waals surface area contributed by atoms with Gasteiger partial charge in [0.05, 0.1) is 22.6 Å². The third-order valence-electron chi connectivity index (χ3n) is 2.46. The van der Waals surface area contributed by atoms with Crippen LogP contribution >= 0.6 is 0 Å². The molecule has 1 atom stereocenters. The number of sulfonamides is 1. The molecule has 0 aliphatic rings. The molecule has 18 heavy (non-hydrogen) atoms. The Bertz CT molecular complexity index is 624. The molecule has 0 saturated heterocycles. The first-order chi connectivity index (χ1) is 8.44. The van der Waals surface area contributed by atoms with Crippen LogP contribution in [0.25, 0.3) is 0 Å². The van der Waals surface area contributed by atoms with Gasteiger partial charge in [0.25, 0.3) is 0 Å². The molecule has 94 valence electrons. The van der Waals surface area contributed by atoms with E-state index in [0.29, 0.717) is 17.5 Å². The van der Waals surface area contributed by atoms with Gasteiger partial charge in [-0.1, -0.05) is 6.92 Å². The van der Waals surface area contributed by atoms with Gasteiger partial charge in [-0.15, -0.1) is 0 Å². The van der Waals surface area contributed by atoms with E-state index < -0.39 is 16.1 Å². The number of nitriles is 2. The highest BCUT2D eigenvalue weighted by Crippen LogP contribution is 2.16. The van der Waals surface area contributed by atoms with Crippen molar-refractivity contribution in [2.45, 2.75) is 31.2 Å². The topological polar surface area (TPSA) is 93.8 Å². The first-order valence-corrected chi connectivity index (χ1v) is 6.85. The van der Waals surface area contributed by atoms with Crippen LogP contribution in [-0.4, -0.2) is 14.5 Å². The highest BCUT2D eigenvalue weighted by Gasteiger charge is 2.20. The summed E-state index contributed by atoms with van der Waals surface area (Å²) in [5.41, 5.74) is 0.883. The molecule has 5 nitrogen and oxygen atoms in total. The molecule has 0 saturated carbocycles. The molecule has 6 heteroatoms. The van der Waals surface area contributed by atoms with E-state index in [2.05, 4.69) is 4.72 Å². The fourth-order valence-corrected chi connectivity index (χ4v) is 2.92. The van der Waals surface area contributed by atoms with E-state index in [1.165, 1.54) is 18.2 Å². The zero-order valence-electron chi connectivity index (χ0n) is 10.1. The second-order valence-electron chi connectivity index (χ2n) is 3.80. The van der Waals surface area contributed by atoms with Gasteiger partial charge in [-0.3, -0.25) is 0 Å². The van der Waals surface area contributed by atoms with Crippen LogP contribution in [-0.2, 0) is 10.0 Å². The Morgan fingerprint density at radius 2 is 2.06 bits per heavy atom. The number of hydrogen-bond acceptors (Lipinski definition) is 4. The van der Waals surface area contributed by atoms with E-state index in [1.54, 1.807) is 13.8 Å². The van der Waals surface area contributed by atoms with Crippen molar-refractivity contribution in [2.75, 3.05) is 0 Å². The van der Waals surface area contributed by atoms with Crippen molar-refractivity contribution in [2.24, 2.45) is 0 Å². The third kappa shape index (κ3) is 3.07. The summed E-state index contributed by atoms with van der Waals surface area (Å²) in [5.74, 6) is 0. The molecule has 0 spiro atoms. The van der Waals surface area contributed by atoms with Crippen molar-refractivity contribution >= 4 is 10.0 Å². The van der Waals surface area contributed by atoms with Crippen LogP contribution in [0.15, 0.2) is 23.1 Å². The summed E-state index contributed by atoms with van der Waals surface area (Å²) < 4.78 is 26.4. The lowest BCUT2D eigenvalue weighted by Gasteiger charge is -2.12. The van der Waals surface area contributed by atoms with Gasteiger partial charge in [-0.05, 0) is 37.1 Å². The summed E-state index contributed by atoms with van der Waals surface area (Å²) in [4.78, 5) is 0.0928. The standard InChI is InChI=1S/C12H13N3O2S/c1-3-11(8-14)15-18(16,17)12-5-4-10(7-13)6-9(12)2/h4-6,11,15H,3H2,1-2H3. The number of benzene rings is 1. The minimum atomic E-state index is -3.72. The third-order valence-corrected chi connectivity index (χ3v) is 4.09. The molecule has 0 amide bonds. The SMILES string of the molecule is CCC(C#N)NS(=O)(=O)c1ccc(C#N)cc1C. The molecule has 0 aliphatic heterocycles. The summed E-state index contributed by atoms with van der Waals surface area (Å²) in [7, 11) is -3.72. The maximum absolute atomic E-state index is 12.0. The second kappa shape index (κ2) is 5.63. The largest absolute Gasteiger partial charge is 0.241 e. The lowest BCUT2D eigenvalue weighted by atomic mass is 10.2. The molecule has 1 rings (SSSR count). The van der Waals surface area contributed by atoms with Crippen molar-refractivity contribution in [1.82, 2.24) is 4.72 Å². The van der Waals surface area contributed by atoms with E-state index in [1.807, 2.05) is 12.1 Å². The molecular formula is C12H13N3O2S. The van der Waals surface area contributed by atoms with Crippen molar-refractivity contribution < 1.29 is 8.42 Å². The van der Waals surface area contributed by atoms with E-state index in [-0.39, 0.29) is 4.90 Å². The van der Waals surface area contributed by atoms with Crippen LogP contribution in [0.2, 0.25) is 0 Å². The minimum Gasteiger partial charge on any atom is -0.207 e. The summed E-state index contributed by atoms with van der Waals surface area (Å²) in [5, 5.41) is 17.5. The molecule has 1 N–H and O–H groups in total. The smallest absolute Gasteiger partial charge is 0.207 e. The Morgan fingerprint density at radius 1 is 1.39 bits per heavy atom. The highest BCUT2D eigenvalue weighted by atomic mass is 32.2. The van der Waals surface area contributed by atoms with Gasteiger partial charge in [-0.2, -0.15) is 15.2 Å². The second-order valence-corrected chi connectivity index (χ2v) is 5.49. The number of hydrogen-bond donors (Lipinski definition) is 1. The van der Waals surface area contributed by atoms with Gasteiger partial charge in [0, 0.05) is 0 Å². The van der Waals surface area contributed by atoms with Gasteiger partial charge in [0.15, 0.2) is 0 Å². The van der Waals surface area contributed by atoms with Crippen LogP contribution in [0.5, 0.6) is 0 Å². The molecule has 0 bridgehead atoms. The van der Waals surface area contributed by atoms with E-state index in [4.69, 9.17) is 10.5 Å². The number of nitrogens with zero attached hydrogens (tertiary/aromatic N) is 2. The van der Waals surface area contributed by atoms with Gasteiger partial charge in [-0.25, -0.2) is 8.42 Å². The molecular weight excluding hydrogens is 250 g/mol.